The number of amides is 2. The molecule has 3 N–H and O–H groups in total. The summed E-state index contributed by atoms with van der Waals surface area (Å²) in [4.78, 5) is 44.6. The summed E-state index contributed by atoms with van der Waals surface area (Å²) in [5.74, 6) is 2.70. The molecule has 12 heteroatoms. The lowest BCUT2D eigenvalue weighted by Crippen LogP contribution is -2.48. The molecule has 0 unspecified atom stereocenters. The lowest BCUT2D eigenvalue weighted by atomic mass is 9.89. The van der Waals surface area contributed by atoms with Crippen molar-refractivity contribution in [1.29, 1.82) is 0 Å². The van der Waals surface area contributed by atoms with Crippen molar-refractivity contribution in [2.45, 2.75) is 143 Å². The van der Waals surface area contributed by atoms with Crippen molar-refractivity contribution in [1.82, 2.24) is 24.7 Å². The van der Waals surface area contributed by atoms with Gasteiger partial charge < -0.3 is 35.2 Å². The summed E-state index contributed by atoms with van der Waals surface area (Å²) >= 11 is 0. The summed E-state index contributed by atoms with van der Waals surface area (Å²) in [6, 6.07) is 10.2. The molecule has 0 radical (unpaired) electrons. The van der Waals surface area contributed by atoms with E-state index in [0.29, 0.717) is 44.4 Å². The lowest BCUT2D eigenvalue weighted by Gasteiger charge is -2.37. The van der Waals surface area contributed by atoms with Gasteiger partial charge in [0, 0.05) is 71.0 Å². The second-order valence-electron chi connectivity index (χ2n) is 17.7. The van der Waals surface area contributed by atoms with Crippen molar-refractivity contribution in [2.75, 3.05) is 61.8 Å². The molecule has 2 amide bonds. The number of nitrogen functional groups attached to an aromatic ring is 1. The van der Waals surface area contributed by atoms with Crippen molar-refractivity contribution in [3.8, 4) is 0 Å². The summed E-state index contributed by atoms with van der Waals surface area (Å²) in [5, 5.41) is 3.37. The zero-order valence-electron chi connectivity index (χ0n) is 34.1. The molecule has 2 saturated carbocycles. The van der Waals surface area contributed by atoms with Crippen LogP contribution in [0.4, 0.5) is 27.2 Å². The molecule has 2 heterocycles. The third kappa shape index (κ3) is 13.5. The molecule has 3 aliphatic rings. The van der Waals surface area contributed by atoms with E-state index in [1.165, 1.54) is 45.1 Å². The van der Waals surface area contributed by atoms with Gasteiger partial charge in [-0.05, 0) is 90.7 Å². The smallest absolute Gasteiger partial charge is 0.410 e. The second kappa shape index (κ2) is 19.2. The average molecular weight is 749 g/mol. The highest BCUT2D eigenvalue weighted by atomic mass is 16.6. The summed E-state index contributed by atoms with van der Waals surface area (Å²) < 4.78 is 11.6. The number of ether oxygens (including phenoxy) is 2. The van der Waals surface area contributed by atoms with Crippen LogP contribution in [0.5, 0.6) is 0 Å². The van der Waals surface area contributed by atoms with Gasteiger partial charge in [-0.1, -0.05) is 62.8 Å². The van der Waals surface area contributed by atoms with Gasteiger partial charge in [-0.2, -0.15) is 9.97 Å². The minimum absolute atomic E-state index is 0.167. The number of carbonyl (C=O) groups excluding carboxylic acids is 2. The minimum Gasteiger partial charge on any atom is -0.444 e. The van der Waals surface area contributed by atoms with Crippen LogP contribution >= 0.6 is 0 Å². The van der Waals surface area contributed by atoms with Crippen LogP contribution < -0.4 is 16.0 Å². The Morgan fingerprint density at radius 1 is 0.796 bits per heavy atom. The Balaban J connectivity index is 1.15. The van der Waals surface area contributed by atoms with Gasteiger partial charge in [-0.3, -0.25) is 4.90 Å². The minimum atomic E-state index is -0.624. The zero-order chi connectivity index (χ0) is 38.7. The van der Waals surface area contributed by atoms with Gasteiger partial charge in [-0.25, -0.2) is 9.59 Å². The Morgan fingerprint density at radius 3 is 2.02 bits per heavy atom. The van der Waals surface area contributed by atoms with Crippen LogP contribution in [0.3, 0.4) is 0 Å². The highest BCUT2D eigenvalue weighted by molar-refractivity contribution is 5.69. The Kier molecular flexibility index (Phi) is 14.7. The SMILES string of the molecule is CC(C)(C)OC(=O)N(CCCN(C(=O)OC(C)(C)C)C1CCCCC1)Cc1ccc(CNc2nc(N)cc(N3CCN(CC4CCCCC4)CC3)n2)cc1. The van der Waals surface area contributed by atoms with E-state index in [4.69, 9.17) is 20.2 Å². The monoisotopic (exact) mass is 749 g/mol. The van der Waals surface area contributed by atoms with Crippen LogP contribution in [-0.2, 0) is 22.6 Å². The van der Waals surface area contributed by atoms with Crippen LogP contribution in [0.25, 0.3) is 0 Å². The van der Waals surface area contributed by atoms with E-state index in [1.807, 2.05) is 64.6 Å². The van der Waals surface area contributed by atoms with Crippen LogP contribution in [0, 0.1) is 5.92 Å². The molecule has 54 heavy (non-hydrogen) atoms. The van der Waals surface area contributed by atoms with E-state index in [2.05, 4.69) is 32.2 Å². The third-order valence-corrected chi connectivity index (χ3v) is 10.6. The molecule has 0 spiro atoms. The van der Waals surface area contributed by atoms with Crippen LogP contribution in [0.15, 0.2) is 30.3 Å². The van der Waals surface area contributed by atoms with Gasteiger partial charge in [0.25, 0.3) is 0 Å². The Hall–Kier alpha value is -3.80. The predicted molar refractivity (Wildman–Crippen MR) is 217 cm³/mol. The fourth-order valence-electron chi connectivity index (χ4n) is 7.88. The molecular weight excluding hydrogens is 681 g/mol. The van der Waals surface area contributed by atoms with Crippen LogP contribution in [-0.4, -0.2) is 99.9 Å². The van der Waals surface area contributed by atoms with E-state index in [9.17, 15) is 9.59 Å². The molecule has 1 aliphatic heterocycles. The summed E-state index contributed by atoms with van der Waals surface area (Å²) in [6.07, 6.45) is 12.3. The largest absolute Gasteiger partial charge is 0.444 e. The first-order valence-electron chi connectivity index (χ1n) is 20.6. The quantitative estimate of drug-likeness (QED) is 0.208. The number of benzene rings is 1. The van der Waals surface area contributed by atoms with Crippen molar-refractivity contribution in [3.63, 3.8) is 0 Å². The lowest BCUT2D eigenvalue weighted by molar-refractivity contribution is 0.00970. The van der Waals surface area contributed by atoms with E-state index in [1.54, 1.807) is 4.90 Å². The van der Waals surface area contributed by atoms with Crippen LogP contribution in [0.2, 0.25) is 0 Å². The second-order valence-corrected chi connectivity index (χ2v) is 17.7. The van der Waals surface area contributed by atoms with E-state index >= 15 is 0 Å². The molecule has 1 aromatic heterocycles. The first-order valence-corrected chi connectivity index (χ1v) is 20.6. The van der Waals surface area contributed by atoms with E-state index in [0.717, 1.165) is 74.7 Å². The molecule has 12 nitrogen and oxygen atoms in total. The number of hydrogen-bond acceptors (Lipinski definition) is 10. The molecule has 2 aliphatic carbocycles. The number of rotatable bonds is 13. The summed E-state index contributed by atoms with van der Waals surface area (Å²) in [6.45, 7) is 18.4. The predicted octanol–water partition coefficient (Wildman–Crippen LogP) is 8.07. The van der Waals surface area contributed by atoms with Gasteiger partial charge in [-0.15, -0.1) is 0 Å². The van der Waals surface area contributed by atoms with Crippen molar-refractivity contribution in [3.05, 3.63) is 41.5 Å². The number of nitrogens with one attached hydrogen (secondary N) is 1. The Bertz CT molecular complexity index is 1470. The fourth-order valence-corrected chi connectivity index (χ4v) is 7.88. The molecule has 5 rings (SSSR count). The molecule has 1 saturated heterocycles. The Labute approximate surface area is 324 Å². The maximum absolute atomic E-state index is 13.4. The topological polar surface area (TPSA) is 129 Å². The first kappa shape index (κ1) is 41.4. The number of nitrogens with two attached hydrogens (primary N) is 1. The van der Waals surface area contributed by atoms with Crippen molar-refractivity contribution < 1.29 is 19.1 Å². The number of anilines is 3. The molecular formula is C42H68N8O4. The molecule has 0 bridgehead atoms. The Morgan fingerprint density at radius 2 is 1.39 bits per heavy atom. The van der Waals surface area contributed by atoms with Crippen LogP contribution in [0.1, 0.15) is 123 Å². The van der Waals surface area contributed by atoms with Crippen molar-refractivity contribution in [2.24, 2.45) is 5.92 Å². The number of carbonyl (C=O) groups is 2. The number of nitrogens with zero attached hydrogens (tertiary/aromatic N) is 6. The highest BCUT2D eigenvalue weighted by Crippen LogP contribution is 2.27. The summed E-state index contributed by atoms with van der Waals surface area (Å²) in [5.41, 5.74) is 7.11. The highest BCUT2D eigenvalue weighted by Gasteiger charge is 2.30. The molecule has 2 aromatic rings. The number of aromatic nitrogens is 2. The average Bonchev–Trinajstić information content (AvgIpc) is 3.12. The molecule has 3 fully saturated rings. The molecule has 1 aromatic carbocycles. The standard InChI is InChI=1S/C42H68N8O4/c1-41(2,3)53-39(51)49(22-13-23-50(35-16-11-8-12-17-35)40(52)54-42(4,5)6)31-34-20-18-32(19-21-34)29-44-38-45-36(43)28-37(46-38)48-26-24-47(25-27-48)30-33-14-9-7-10-15-33/h18-21,28,33,35H,7-17,22-27,29-31H2,1-6H3,(H3,43,44,45,46). The zero-order valence-corrected chi connectivity index (χ0v) is 34.1. The number of hydrogen-bond donors (Lipinski definition) is 2. The third-order valence-electron chi connectivity index (χ3n) is 10.6. The number of piperazine rings is 1. The van der Waals surface area contributed by atoms with Gasteiger partial charge >= 0.3 is 12.2 Å². The van der Waals surface area contributed by atoms with Gasteiger partial charge in [0.05, 0.1) is 0 Å². The van der Waals surface area contributed by atoms with E-state index in [-0.39, 0.29) is 18.2 Å². The maximum Gasteiger partial charge on any atom is 0.410 e. The fraction of sp³-hybridized carbons (Fsp3) is 0.714. The molecule has 0 atom stereocenters. The van der Waals surface area contributed by atoms with Gasteiger partial charge in [0.1, 0.15) is 22.8 Å². The summed E-state index contributed by atoms with van der Waals surface area (Å²) in [7, 11) is 0. The van der Waals surface area contributed by atoms with E-state index < -0.39 is 11.2 Å². The van der Waals surface area contributed by atoms with Gasteiger partial charge in [0.2, 0.25) is 5.95 Å². The first-order chi connectivity index (χ1) is 25.7. The van der Waals surface area contributed by atoms with Gasteiger partial charge in [0.15, 0.2) is 0 Å². The van der Waals surface area contributed by atoms with Crippen molar-refractivity contribution >= 4 is 29.8 Å². The maximum atomic E-state index is 13.4. The molecule has 300 valence electrons. The normalized spacial score (nSPS) is 17.9.